The summed E-state index contributed by atoms with van der Waals surface area (Å²) in [5.74, 6) is -3.09. The summed E-state index contributed by atoms with van der Waals surface area (Å²) in [6, 6.07) is 5.09. The maximum absolute atomic E-state index is 13.4. The lowest BCUT2D eigenvalue weighted by Gasteiger charge is -2.26. The molecule has 4 unspecified atom stereocenters. The number of amides is 3. The highest BCUT2D eigenvalue weighted by Crippen LogP contribution is 2.09. The van der Waals surface area contributed by atoms with E-state index < -0.39 is 47.9 Å². The molecule has 11 nitrogen and oxygen atoms in total. The molecule has 4 atom stereocenters. The van der Waals surface area contributed by atoms with Gasteiger partial charge in [-0.3, -0.25) is 14.4 Å². The molecule has 0 radical (unpaired) electrons. The Morgan fingerprint density at radius 2 is 1.51 bits per heavy atom. The first-order chi connectivity index (χ1) is 17.5. The number of H-pyrrole nitrogens is 1. The largest absolute Gasteiger partial charge is 0.480 e. The predicted molar refractivity (Wildman–Crippen MR) is 138 cm³/mol. The van der Waals surface area contributed by atoms with Crippen LogP contribution in [-0.2, 0) is 32.0 Å². The molecule has 1 heterocycles. The van der Waals surface area contributed by atoms with E-state index in [1.807, 2.05) is 44.2 Å². The molecule has 1 aromatic carbocycles. The summed E-state index contributed by atoms with van der Waals surface area (Å²) in [4.78, 5) is 57.8. The van der Waals surface area contributed by atoms with Crippen LogP contribution in [0.3, 0.4) is 0 Å². The number of carbonyl (C=O) groups is 4. The van der Waals surface area contributed by atoms with Gasteiger partial charge in [-0.15, -0.1) is 0 Å². The molecular formula is C26H38N6O5. The summed E-state index contributed by atoms with van der Waals surface area (Å²) in [6.45, 7) is 7.24. The highest BCUT2D eigenvalue weighted by Gasteiger charge is 2.32. The quantitative estimate of drug-likeness (QED) is 0.215. The second kappa shape index (κ2) is 14.1. The minimum absolute atomic E-state index is 0.0425. The van der Waals surface area contributed by atoms with Crippen molar-refractivity contribution in [1.29, 1.82) is 0 Å². The molecule has 0 aliphatic heterocycles. The molecule has 3 amide bonds. The first kappa shape index (κ1) is 29.5. The monoisotopic (exact) mass is 514 g/mol. The average Bonchev–Trinajstić information content (AvgIpc) is 3.34. The Morgan fingerprint density at radius 3 is 2.05 bits per heavy atom. The number of imidazole rings is 1. The molecule has 202 valence electrons. The third kappa shape index (κ3) is 9.68. The number of aliphatic carboxylic acids is 1. The molecule has 2 aromatic rings. The van der Waals surface area contributed by atoms with E-state index in [-0.39, 0.29) is 24.7 Å². The van der Waals surface area contributed by atoms with Gasteiger partial charge in [0.25, 0.3) is 0 Å². The highest BCUT2D eigenvalue weighted by molar-refractivity contribution is 5.94. The number of carbonyl (C=O) groups excluding carboxylic acids is 3. The zero-order chi connectivity index (χ0) is 27.5. The molecule has 37 heavy (non-hydrogen) atoms. The second-order valence-electron chi connectivity index (χ2n) is 9.90. The molecule has 0 bridgehead atoms. The van der Waals surface area contributed by atoms with Crippen molar-refractivity contribution in [2.75, 3.05) is 0 Å². The van der Waals surface area contributed by atoms with Crippen LogP contribution in [0.2, 0.25) is 0 Å². The molecular weight excluding hydrogens is 476 g/mol. The van der Waals surface area contributed by atoms with Crippen molar-refractivity contribution in [2.45, 2.75) is 71.1 Å². The van der Waals surface area contributed by atoms with Gasteiger partial charge in [0.05, 0.1) is 12.4 Å². The first-order valence-electron chi connectivity index (χ1n) is 12.4. The SMILES string of the molecule is CC(C)CC(N)C(=O)NC(Cc1ccccc1)C(=O)NC(Cc1cnc[nH]1)C(=O)NC(C(=O)O)C(C)C. The molecule has 0 fully saturated rings. The topological polar surface area (TPSA) is 179 Å². The van der Waals surface area contributed by atoms with Gasteiger partial charge >= 0.3 is 5.97 Å². The minimum atomic E-state index is -1.18. The van der Waals surface area contributed by atoms with Crippen LogP contribution in [-0.4, -0.2) is 62.9 Å². The van der Waals surface area contributed by atoms with Gasteiger partial charge in [-0.1, -0.05) is 58.0 Å². The van der Waals surface area contributed by atoms with Crippen molar-refractivity contribution >= 4 is 23.7 Å². The summed E-state index contributed by atoms with van der Waals surface area (Å²) < 4.78 is 0. The van der Waals surface area contributed by atoms with Gasteiger partial charge in [0.15, 0.2) is 0 Å². The maximum atomic E-state index is 13.4. The zero-order valence-corrected chi connectivity index (χ0v) is 21.7. The number of nitrogens with two attached hydrogens (primary N) is 1. The average molecular weight is 515 g/mol. The van der Waals surface area contributed by atoms with Gasteiger partial charge < -0.3 is 31.8 Å². The Balaban J connectivity index is 2.27. The smallest absolute Gasteiger partial charge is 0.326 e. The van der Waals surface area contributed by atoms with Crippen LogP contribution in [0.1, 0.15) is 45.4 Å². The summed E-state index contributed by atoms with van der Waals surface area (Å²) in [5.41, 5.74) is 7.41. The fraction of sp³-hybridized carbons (Fsp3) is 0.500. The Kier molecular flexibility index (Phi) is 11.3. The van der Waals surface area contributed by atoms with Crippen LogP contribution in [0.4, 0.5) is 0 Å². The number of nitrogens with zero attached hydrogens (tertiary/aromatic N) is 1. The lowest BCUT2D eigenvalue weighted by atomic mass is 10.0. The molecule has 0 aliphatic rings. The summed E-state index contributed by atoms with van der Waals surface area (Å²) in [7, 11) is 0. The first-order valence-corrected chi connectivity index (χ1v) is 12.4. The number of hydrogen-bond donors (Lipinski definition) is 6. The van der Waals surface area contributed by atoms with Crippen LogP contribution in [0.15, 0.2) is 42.9 Å². The number of hydrogen-bond acceptors (Lipinski definition) is 6. The van der Waals surface area contributed by atoms with Crippen LogP contribution in [0.5, 0.6) is 0 Å². The molecule has 1 aromatic heterocycles. The fourth-order valence-electron chi connectivity index (χ4n) is 3.82. The van der Waals surface area contributed by atoms with Gasteiger partial charge in [-0.2, -0.15) is 0 Å². The number of carboxylic acids is 1. The lowest BCUT2D eigenvalue weighted by Crippen LogP contribution is -2.58. The Hall–Kier alpha value is -3.73. The normalized spacial score (nSPS) is 14.5. The Labute approximate surface area is 217 Å². The van der Waals surface area contributed by atoms with Gasteiger partial charge in [0, 0.05) is 24.7 Å². The van der Waals surface area contributed by atoms with E-state index in [0.29, 0.717) is 12.1 Å². The van der Waals surface area contributed by atoms with E-state index >= 15 is 0 Å². The third-order valence-electron chi connectivity index (χ3n) is 5.82. The maximum Gasteiger partial charge on any atom is 0.326 e. The number of aromatic nitrogens is 2. The Bertz CT molecular complexity index is 1030. The van der Waals surface area contributed by atoms with E-state index in [1.165, 1.54) is 12.5 Å². The van der Waals surface area contributed by atoms with Crippen LogP contribution in [0.25, 0.3) is 0 Å². The minimum Gasteiger partial charge on any atom is -0.480 e. The van der Waals surface area contributed by atoms with E-state index in [0.717, 1.165) is 5.56 Å². The zero-order valence-electron chi connectivity index (χ0n) is 21.7. The van der Waals surface area contributed by atoms with E-state index in [1.54, 1.807) is 13.8 Å². The van der Waals surface area contributed by atoms with E-state index in [9.17, 15) is 24.3 Å². The lowest BCUT2D eigenvalue weighted by molar-refractivity contribution is -0.143. The number of rotatable bonds is 14. The van der Waals surface area contributed by atoms with Crippen molar-refractivity contribution in [1.82, 2.24) is 25.9 Å². The summed E-state index contributed by atoms with van der Waals surface area (Å²) in [6.07, 6.45) is 3.62. The number of carboxylic acid groups (broad SMARTS) is 1. The van der Waals surface area contributed by atoms with Gasteiger partial charge in [-0.25, -0.2) is 9.78 Å². The Morgan fingerprint density at radius 1 is 0.919 bits per heavy atom. The standard InChI is InChI=1S/C26H38N6O5/c1-15(2)10-19(27)23(33)30-20(11-17-8-6-5-7-9-17)24(34)31-21(12-18-13-28-14-29-18)25(35)32-22(16(3)4)26(36)37/h5-9,13-16,19-22H,10-12,27H2,1-4H3,(H,28,29)(H,30,33)(H,31,34)(H,32,35)(H,36,37). The number of aromatic amines is 1. The number of nitrogens with one attached hydrogen (secondary N) is 4. The van der Waals surface area contributed by atoms with E-state index in [2.05, 4.69) is 25.9 Å². The molecule has 11 heteroatoms. The van der Waals surface area contributed by atoms with Crippen molar-refractivity contribution in [3.8, 4) is 0 Å². The molecule has 0 saturated heterocycles. The predicted octanol–water partition coefficient (Wildman–Crippen LogP) is 0.763. The third-order valence-corrected chi connectivity index (χ3v) is 5.82. The number of benzene rings is 1. The van der Waals surface area contributed by atoms with Crippen LogP contribution >= 0.6 is 0 Å². The molecule has 2 rings (SSSR count). The summed E-state index contributed by atoms with van der Waals surface area (Å²) in [5, 5.41) is 17.4. The molecule has 0 spiro atoms. The molecule has 7 N–H and O–H groups in total. The van der Waals surface area contributed by atoms with Crippen molar-refractivity contribution in [3.63, 3.8) is 0 Å². The molecule has 0 saturated carbocycles. The van der Waals surface area contributed by atoms with Gasteiger partial charge in [-0.05, 0) is 23.8 Å². The van der Waals surface area contributed by atoms with Crippen LogP contribution < -0.4 is 21.7 Å². The van der Waals surface area contributed by atoms with Crippen LogP contribution in [0, 0.1) is 11.8 Å². The fourth-order valence-corrected chi connectivity index (χ4v) is 3.82. The van der Waals surface area contributed by atoms with E-state index in [4.69, 9.17) is 5.73 Å². The highest BCUT2D eigenvalue weighted by atomic mass is 16.4. The van der Waals surface area contributed by atoms with Crippen molar-refractivity contribution in [2.24, 2.45) is 17.6 Å². The molecule has 0 aliphatic carbocycles. The van der Waals surface area contributed by atoms with Crippen molar-refractivity contribution in [3.05, 3.63) is 54.1 Å². The van der Waals surface area contributed by atoms with Gasteiger partial charge in [0.1, 0.15) is 18.1 Å². The van der Waals surface area contributed by atoms with Gasteiger partial charge in [0.2, 0.25) is 17.7 Å². The summed E-state index contributed by atoms with van der Waals surface area (Å²) >= 11 is 0. The second-order valence-corrected chi connectivity index (χ2v) is 9.90. The van der Waals surface area contributed by atoms with Crippen molar-refractivity contribution < 1.29 is 24.3 Å².